The fraction of sp³-hybridized carbons (Fsp3) is 0.522. The van der Waals surface area contributed by atoms with Crippen LogP contribution in [0.4, 0.5) is 4.79 Å². The summed E-state index contributed by atoms with van der Waals surface area (Å²) < 4.78 is 12.2. The molecular weight excluding hydrogens is 398 g/mol. The zero-order chi connectivity index (χ0) is 23.6. The third-order valence-electron chi connectivity index (χ3n) is 4.28. The molecule has 0 aliphatic heterocycles. The number of ether oxygens (including phenoxy) is 2. The molecule has 0 radical (unpaired) electrons. The predicted octanol–water partition coefficient (Wildman–Crippen LogP) is 3.14. The summed E-state index contributed by atoms with van der Waals surface area (Å²) in [4.78, 5) is 37.3. The van der Waals surface area contributed by atoms with Crippen molar-refractivity contribution >= 4 is 28.9 Å². The number of esters is 1. The molecule has 1 heterocycles. The van der Waals surface area contributed by atoms with E-state index in [0.29, 0.717) is 5.52 Å². The lowest BCUT2D eigenvalue weighted by Gasteiger charge is -2.23. The Balaban J connectivity index is 2.17. The van der Waals surface area contributed by atoms with Gasteiger partial charge in [0.1, 0.15) is 17.2 Å². The van der Waals surface area contributed by atoms with E-state index in [0.717, 1.165) is 10.9 Å². The molecule has 8 nitrogen and oxygen atoms in total. The van der Waals surface area contributed by atoms with Crippen LogP contribution in [0.2, 0.25) is 0 Å². The smallest absolute Gasteiger partial charge is 0.419 e. The van der Waals surface area contributed by atoms with Crippen LogP contribution in [-0.2, 0) is 25.5 Å². The second-order valence-corrected chi connectivity index (χ2v) is 9.60. The highest BCUT2D eigenvalue weighted by Gasteiger charge is 2.26. The van der Waals surface area contributed by atoms with Crippen LogP contribution in [0.1, 0.15) is 54.0 Å². The lowest BCUT2D eigenvalue weighted by molar-refractivity contribution is -0.158. The highest BCUT2D eigenvalue weighted by molar-refractivity contribution is 5.93. The van der Waals surface area contributed by atoms with Crippen LogP contribution in [0.5, 0.6) is 0 Å². The highest BCUT2D eigenvalue weighted by atomic mass is 16.6. The predicted molar refractivity (Wildman–Crippen MR) is 119 cm³/mol. The summed E-state index contributed by atoms with van der Waals surface area (Å²) in [5, 5.41) is 3.40. The molecule has 2 rings (SSSR count). The van der Waals surface area contributed by atoms with Crippen LogP contribution in [-0.4, -0.2) is 45.8 Å². The van der Waals surface area contributed by atoms with E-state index in [9.17, 15) is 14.4 Å². The van der Waals surface area contributed by atoms with E-state index < -0.39 is 41.3 Å². The first-order chi connectivity index (χ1) is 14.2. The van der Waals surface area contributed by atoms with Crippen LogP contribution >= 0.6 is 0 Å². The monoisotopic (exact) mass is 431 g/mol. The largest absolute Gasteiger partial charge is 0.458 e. The number of carbonyl (C=O) groups is 3. The van der Waals surface area contributed by atoms with Gasteiger partial charge in [0.2, 0.25) is 5.91 Å². The van der Waals surface area contributed by atoms with E-state index >= 15 is 0 Å². The molecular formula is C23H33N3O5. The van der Waals surface area contributed by atoms with E-state index in [1.54, 1.807) is 60.7 Å². The summed E-state index contributed by atoms with van der Waals surface area (Å²) in [6.45, 7) is 12.2. The maximum absolute atomic E-state index is 12.6. The Morgan fingerprint density at radius 3 is 2.19 bits per heavy atom. The Kier molecular flexibility index (Phi) is 7.16. The molecule has 2 aromatic rings. The fourth-order valence-electron chi connectivity index (χ4n) is 2.97. The van der Waals surface area contributed by atoms with Gasteiger partial charge in [-0.15, -0.1) is 0 Å². The van der Waals surface area contributed by atoms with Crippen molar-refractivity contribution in [1.82, 2.24) is 9.88 Å². The molecule has 0 saturated heterocycles. The number of benzene rings is 1. The van der Waals surface area contributed by atoms with Crippen LogP contribution < -0.4 is 11.1 Å². The van der Waals surface area contributed by atoms with Crippen molar-refractivity contribution < 1.29 is 23.9 Å². The van der Waals surface area contributed by atoms with Crippen LogP contribution in [0.3, 0.4) is 0 Å². The number of para-hydroxylation sites is 1. The fourth-order valence-corrected chi connectivity index (χ4v) is 2.97. The molecule has 0 aliphatic carbocycles. The third kappa shape index (κ3) is 6.82. The summed E-state index contributed by atoms with van der Waals surface area (Å²) in [6.07, 6.45) is 1.32. The highest BCUT2D eigenvalue weighted by Crippen LogP contribution is 2.24. The Labute approximate surface area is 183 Å². The van der Waals surface area contributed by atoms with Gasteiger partial charge in [0.15, 0.2) is 0 Å². The van der Waals surface area contributed by atoms with Crippen LogP contribution in [0, 0.1) is 0 Å². The Morgan fingerprint density at radius 1 is 1.03 bits per heavy atom. The molecule has 8 heteroatoms. The second kappa shape index (κ2) is 9.09. The van der Waals surface area contributed by atoms with Crippen LogP contribution in [0.25, 0.3) is 10.9 Å². The quantitative estimate of drug-likeness (QED) is 0.703. The summed E-state index contributed by atoms with van der Waals surface area (Å²) in [6, 6.07) is 5.59. The normalized spacial score (nSPS) is 14.1. The SMILES string of the molecule is C[C@H](NC(=O)[C@@H](N)Cc1cn(C(=O)OC(C)(C)C)c2ccccc12)C(=O)OC(C)(C)C. The van der Waals surface area contributed by atoms with E-state index in [2.05, 4.69) is 5.32 Å². The average Bonchev–Trinajstić information content (AvgIpc) is 2.97. The topological polar surface area (TPSA) is 113 Å². The minimum absolute atomic E-state index is 0.184. The molecule has 0 spiro atoms. The number of hydrogen-bond donors (Lipinski definition) is 2. The van der Waals surface area contributed by atoms with Gasteiger partial charge < -0.3 is 20.5 Å². The van der Waals surface area contributed by atoms with Crippen molar-refractivity contribution in [2.24, 2.45) is 5.73 Å². The van der Waals surface area contributed by atoms with Crippen molar-refractivity contribution in [2.75, 3.05) is 0 Å². The summed E-state index contributed by atoms with van der Waals surface area (Å²) in [5.74, 6) is -1.01. The number of nitrogens with one attached hydrogen (secondary N) is 1. The number of nitrogens with two attached hydrogens (primary N) is 1. The lowest BCUT2D eigenvalue weighted by Crippen LogP contribution is -2.49. The minimum atomic E-state index is -0.914. The molecule has 3 N–H and O–H groups in total. The van der Waals surface area contributed by atoms with Gasteiger partial charge in [-0.3, -0.25) is 9.36 Å². The van der Waals surface area contributed by atoms with Crippen molar-refractivity contribution in [3.63, 3.8) is 0 Å². The number of aromatic nitrogens is 1. The molecule has 0 aliphatic rings. The van der Waals surface area contributed by atoms with Gasteiger partial charge in [-0.05, 0) is 66.5 Å². The average molecular weight is 432 g/mol. The molecule has 0 fully saturated rings. The number of amides is 1. The zero-order valence-corrected chi connectivity index (χ0v) is 19.3. The number of hydrogen-bond acceptors (Lipinski definition) is 6. The Bertz CT molecular complexity index is 966. The number of fused-ring (bicyclic) bond motifs is 1. The van der Waals surface area contributed by atoms with Gasteiger partial charge in [-0.25, -0.2) is 9.59 Å². The van der Waals surface area contributed by atoms with Gasteiger partial charge in [-0.1, -0.05) is 18.2 Å². The van der Waals surface area contributed by atoms with Crippen molar-refractivity contribution in [1.29, 1.82) is 0 Å². The first-order valence-electron chi connectivity index (χ1n) is 10.3. The summed E-state index contributed by atoms with van der Waals surface area (Å²) in [5.41, 5.74) is 6.22. The molecule has 1 aromatic heterocycles. The molecule has 31 heavy (non-hydrogen) atoms. The van der Waals surface area contributed by atoms with E-state index in [4.69, 9.17) is 15.2 Å². The van der Waals surface area contributed by atoms with E-state index in [1.165, 1.54) is 4.57 Å². The standard InChI is InChI=1S/C23H33N3O5/c1-14(20(28)30-22(2,3)4)25-19(27)17(24)12-15-13-26(21(29)31-23(5,6)7)18-11-9-8-10-16(15)18/h8-11,13-14,17H,12,24H2,1-7H3,(H,25,27)/t14-,17-/m0/s1. The van der Waals surface area contributed by atoms with Crippen molar-refractivity contribution in [2.45, 2.75) is 78.2 Å². The maximum Gasteiger partial charge on any atom is 0.419 e. The molecule has 170 valence electrons. The van der Waals surface area contributed by atoms with E-state index in [1.807, 2.05) is 18.2 Å². The van der Waals surface area contributed by atoms with Crippen LogP contribution in [0.15, 0.2) is 30.5 Å². The first-order valence-corrected chi connectivity index (χ1v) is 10.3. The Hall–Kier alpha value is -2.87. The molecule has 0 bridgehead atoms. The summed E-state index contributed by atoms with van der Waals surface area (Å²) >= 11 is 0. The van der Waals surface area contributed by atoms with Gasteiger partial charge in [0.25, 0.3) is 0 Å². The number of rotatable bonds is 5. The number of carbonyl (C=O) groups excluding carboxylic acids is 3. The number of nitrogens with zero attached hydrogens (tertiary/aromatic N) is 1. The maximum atomic E-state index is 12.6. The second-order valence-electron chi connectivity index (χ2n) is 9.60. The van der Waals surface area contributed by atoms with Gasteiger partial charge in [0, 0.05) is 11.6 Å². The van der Waals surface area contributed by atoms with E-state index in [-0.39, 0.29) is 6.42 Å². The molecule has 1 amide bonds. The molecule has 0 unspecified atom stereocenters. The van der Waals surface area contributed by atoms with Gasteiger partial charge in [0.05, 0.1) is 11.6 Å². The molecule has 2 atom stereocenters. The Morgan fingerprint density at radius 2 is 1.61 bits per heavy atom. The van der Waals surface area contributed by atoms with Gasteiger partial charge in [-0.2, -0.15) is 0 Å². The minimum Gasteiger partial charge on any atom is -0.458 e. The molecule has 1 aromatic carbocycles. The zero-order valence-electron chi connectivity index (χ0n) is 19.3. The lowest BCUT2D eigenvalue weighted by atomic mass is 10.0. The summed E-state index contributed by atoms with van der Waals surface area (Å²) in [7, 11) is 0. The van der Waals surface area contributed by atoms with Crippen molar-refractivity contribution in [3.05, 3.63) is 36.0 Å². The van der Waals surface area contributed by atoms with Crippen molar-refractivity contribution in [3.8, 4) is 0 Å². The third-order valence-corrected chi connectivity index (χ3v) is 4.28. The first kappa shape index (κ1) is 24.4. The van der Waals surface area contributed by atoms with Gasteiger partial charge >= 0.3 is 12.1 Å². The molecule has 0 saturated carbocycles.